The minimum Gasteiger partial charge on any atom is -0.396 e. The number of hydrogen-bond acceptors (Lipinski definition) is 3. The van der Waals surface area contributed by atoms with Crippen molar-refractivity contribution in [1.82, 2.24) is 10.6 Å². The Balaban J connectivity index is 1.77. The topological polar surface area (TPSA) is 64.6 Å². The van der Waals surface area contributed by atoms with Gasteiger partial charge in [0.15, 0.2) is 0 Å². The molecule has 0 bridgehead atoms. The lowest BCUT2D eigenvalue weighted by molar-refractivity contribution is 0.235. The van der Waals surface area contributed by atoms with Gasteiger partial charge in [0.2, 0.25) is 0 Å². The SMILES string of the molecule is O=C(NCCCO)NC1CCN(c2ccc(Cl)cc2)C1. The van der Waals surface area contributed by atoms with Crippen molar-refractivity contribution >= 4 is 23.3 Å². The maximum absolute atomic E-state index is 11.6. The van der Waals surface area contributed by atoms with Crippen LogP contribution >= 0.6 is 11.6 Å². The standard InChI is InChI=1S/C14H20ClN3O2/c15-11-2-4-13(5-3-11)18-8-6-12(10-18)17-14(20)16-7-1-9-19/h2-5,12,19H,1,6-10H2,(H2,16,17,20). The number of anilines is 1. The number of urea groups is 1. The Hall–Kier alpha value is -1.46. The van der Waals surface area contributed by atoms with Crippen LogP contribution in [0.1, 0.15) is 12.8 Å². The highest BCUT2D eigenvalue weighted by Gasteiger charge is 2.23. The second-order valence-corrected chi connectivity index (χ2v) is 5.32. The van der Waals surface area contributed by atoms with Crippen molar-refractivity contribution in [2.24, 2.45) is 0 Å². The van der Waals surface area contributed by atoms with Crippen molar-refractivity contribution in [3.05, 3.63) is 29.3 Å². The highest BCUT2D eigenvalue weighted by molar-refractivity contribution is 6.30. The summed E-state index contributed by atoms with van der Waals surface area (Å²) in [6, 6.07) is 7.72. The van der Waals surface area contributed by atoms with Gasteiger partial charge in [-0.25, -0.2) is 4.79 Å². The third kappa shape index (κ3) is 4.28. The van der Waals surface area contributed by atoms with Gasteiger partial charge in [0.05, 0.1) is 0 Å². The molecule has 1 unspecified atom stereocenters. The molecule has 0 radical (unpaired) electrons. The highest BCUT2D eigenvalue weighted by atomic mass is 35.5. The molecule has 3 N–H and O–H groups in total. The monoisotopic (exact) mass is 297 g/mol. The molecule has 1 atom stereocenters. The zero-order chi connectivity index (χ0) is 14.4. The second-order valence-electron chi connectivity index (χ2n) is 4.89. The molecule has 1 aromatic rings. The van der Waals surface area contributed by atoms with Crippen LogP contribution in [0.3, 0.4) is 0 Å². The Morgan fingerprint density at radius 3 is 2.85 bits per heavy atom. The van der Waals surface area contributed by atoms with Crippen LogP contribution in [0.2, 0.25) is 5.02 Å². The van der Waals surface area contributed by atoms with E-state index in [1.54, 1.807) is 0 Å². The molecule has 1 aliphatic rings. The summed E-state index contributed by atoms with van der Waals surface area (Å²) in [7, 11) is 0. The van der Waals surface area contributed by atoms with Gasteiger partial charge in [-0.3, -0.25) is 0 Å². The molecule has 1 aliphatic heterocycles. The molecule has 2 amide bonds. The first-order valence-electron chi connectivity index (χ1n) is 6.85. The number of aliphatic hydroxyl groups excluding tert-OH is 1. The van der Waals surface area contributed by atoms with Gasteiger partial charge in [0, 0.05) is 43.0 Å². The van der Waals surface area contributed by atoms with Crippen LogP contribution in [0.15, 0.2) is 24.3 Å². The lowest BCUT2D eigenvalue weighted by Gasteiger charge is -2.19. The molecule has 1 fully saturated rings. The average molecular weight is 298 g/mol. The van der Waals surface area contributed by atoms with Gasteiger partial charge in [-0.1, -0.05) is 11.6 Å². The largest absolute Gasteiger partial charge is 0.396 e. The van der Waals surface area contributed by atoms with Crippen molar-refractivity contribution in [2.45, 2.75) is 18.9 Å². The number of hydrogen-bond donors (Lipinski definition) is 3. The molecule has 1 saturated heterocycles. The molecular weight excluding hydrogens is 278 g/mol. The fourth-order valence-electron chi connectivity index (χ4n) is 2.28. The predicted octanol–water partition coefficient (Wildman–Crippen LogP) is 1.60. The third-order valence-corrected chi connectivity index (χ3v) is 3.59. The maximum atomic E-state index is 11.6. The minimum absolute atomic E-state index is 0.0913. The summed E-state index contributed by atoms with van der Waals surface area (Å²) in [5.74, 6) is 0. The van der Waals surface area contributed by atoms with Gasteiger partial charge in [0.25, 0.3) is 0 Å². The first-order valence-corrected chi connectivity index (χ1v) is 7.22. The van der Waals surface area contributed by atoms with Gasteiger partial charge < -0.3 is 20.6 Å². The maximum Gasteiger partial charge on any atom is 0.315 e. The number of amides is 2. The molecule has 0 spiro atoms. The number of aliphatic hydroxyl groups is 1. The van der Waals surface area contributed by atoms with Crippen LogP contribution in [0, 0.1) is 0 Å². The first kappa shape index (κ1) is 14.9. The van der Waals surface area contributed by atoms with E-state index in [4.69, 9.17) is 16.7 Å². The molecular formula is C14H20ClN3O2. The van der Waals surface area contributed by atoms with E-state index >= 15 is 0 Å². The van der Waals surface area contributed by atoms with E-state index in [0.717, 1.165) is 30.2 Å². The van der Waals surface area contributed by atoms with Gasteiger partial charge in [-0.15, -0.1) is 0 Å². The summed E-state index contributed by atoms with van der Waals surface area (Å²) >= 11 is 5.87. The molecule has 6 heteroatoms. The average Bonchev–Trinajstić information content (AvgIpc) is 2.88. The molecule has 0 aliphatic carbocycles. The predicted molar refractivity (Wildman–Crippen MR) is 80.3 cm³/mol. The Bertz CT molecular complexity index is 439. The Labute approximate surface area is 123 Å². The number of nitrogens with zero attached hydrogens (tertiary/aromatic N) is 1. The Kier molecular flexibility index (Phi) is 5.49. The number of rotatable bonds is 5. The van der Waals surface area contributed by atoms with Crippen molar-refractivity contribution in [2.75, 3.05) is 31.1 Å². The van der Waals surface area contributed by atoms with Crippen LogP contribution in [0.4, 0.5) is 10.5 Å². The first-order chi connectivity index (χ1) is 9.69. The summed E-state index contributed by atoms with van der Waals surface area (Å²) in [5, 5.41) is 15.1. The van der Waals surface area contributed by atoms with Gasteiger partial charge >= 0.3 is 6.03 Å². The minimum atomic E-state index is -0.165. The molecule has 20 heavy (non-hydrogen) atoms. The van der Waals surface area contributed by atoms with Crippen LogP contribution in [-0.4, -0.2) is 43.4 Å². The van der Waals surface area contributed by atoms with E-state index in [1.807, 2.05) is 24.3 Å². The zero-order valence-electron chi connectivity index (χ0n) is 11.3. The highest BCUT2D eigenvalue weighted by Crippen LogP contribution is 2.22. The summed E-state index contributed by atoms with van der Waals surface area (Å²) in [6.45, 7) is 2.31. The summed E-state index contributed by atoms with van der Waals surface area (Å²) in [4.78, 5) is 13.9. The molecule has 1 aromatic carbocycles. The van der Waals surface area contributed by atoms with E-state index in [0.29, 0.717) is 13.0 Å². The van der Waals surface area contributed by atoms with Gasteiger partial charge in [-0.2, -0.15) is 0 Å². The summed E-state index contributed by atoms with van der Waals surface area (Å²) in [6.07, 6.45) is 1.50. The summed E-state index contributed by atoms with van der Waals surface area (Å²) < 4.78 is 0. The normalized spacial score (nSPS) is 18.1. The van der Waals surface area contributed by atoms with Crippen LogP contribution in [-0.2, 0) is 0 Å². The molecule has 1 heterocycles. The lowest BCUT2D eigenvalue weighted by Crippen LogP contribution is -2.43. The van der Waals surface area contributed by atoms with Crippen LogP contribution < -0.4 is 15.5 Å². The molecule has 2 rings (SSSR count). The zero-order valence-corrected chi connectivity index (χ0v) is 12.1. The number of nitrogens with one attached hydrogen (secondary N) is 2. The fraction of sp³-hybridized carbons (Fsp3) is 0.500. The van der Waals surface area contributed by atoms with E-state index < -0.39 is 0 Å². The second kappa shape index (κ2) is 7.36. The number of carbonyl (C=O) groups is 1. The van der Waals surface area contributed by atoms with E-state index in [2.05, 4.69) is 15.5 Å². The van der Waals surface area contributed by atoms with Gasteiger partial charge in [0.1, 0.15) is 0 Å². The fourth-order valence-corrected chi connectivity index (χ4v) is 2.41. The number of carbonyl (C=O) groups excluding carboxylic acids is 1. The third-order valence-electron chi connectivity index (χ3n) is 3.34. The van der Waals surface area contributed by atoms with Crippen molar-refractivity contribution < 1.29 is 9.90 Å². The van der Waals surface area contributed by atoms with Crippen LogP contribution in [0.5, 0.6) is 0 Å². The van der Waals surface area contributed by atoms with Crippen molar-refractivity contribution in [3.63, 3.8) is 0 Å². The number of halogens is 1. The smallest absolute Gasteiger partial charge is 0.315 e. The quantitative estimate of drug-likeness (QED) is 0.723. The van der Waals surface area contributed by atoms with E-state index in [1.165, 1.54) is 0 Å². The molecule has 110 valence electrons. The van der Waals surface area contributed by atoms with Crippen LogP contribution in [0.25, 0.3) is 0 Å². The Morgan fingerprint density at radius 1 is 1.40 bits per heavy atom. The van der Waals surface area contributed by atoms with E-state index in [-0.39, 0.29) is 18.7 Å². The van der Waals surface area contributed by atoms with Gasteiger partial charge in [-0.05, 0) is 37.1 Å². The van der Waals surface area contributed by atoms with Crippen molar-refractivity contribution in [3.8, 4) is 0 Å². The van der Waals surface area contributed by atoms with Crippen molar-refractivity contribution in [1.29, 1.82) is 0 Å². The van der Waals surface area contributed by atoms with E-state index in [9.17, 15) is 4.79 Å². The summed E-state index contributed by atoms with van der Waals surface area (Å²) in [5.41, 5.74) is 1.12. The number of benzene rings is 1. The lowest BCUT2D eigenvalue weighted by atomic mass is 10.3. The molecule has 0 saturated carbocycles. The molecule has 5 nitrogen and oxygen atoms in total. The molecule has 0 aromatic heterocycles. The Morgan fingerprint density at radius 2 is 2.15 bits per heavy atom.